The van der Waals surface area contributed by atoms with Crippen molar-refractivity contribution >= 4 is 39.1 Å². The molecule has 5 heteroatoms. The molecule has 0 radical (unpaired) electrons. The molecule has 3 aromatic rings. The van der Waals surface area contributed by atoms with Crippen molar-refractivity contribution < 1.29 is 4.79 Å². The first-order valence-corrected chi connectivity index (χ1v) is 8.51. The molecule has 2 aromatic heterocycles. The molecule has 0 aliphatic rings. The number of benzene rings is 1. The third-order valence-electron chi connectivity index (χ3n) is 3.64. The molecule has 3 rings (SSSR count). The molecular weight excluding hydrogens is 328 g/mol. The van der Waals surface area contributed by atoms with Crippen molar-refractivity contribution in [1.82, 2.24) is 9.88 Å². The number of aromatic nitrogens is 1. The second-order valence-electron chi connectivity index (χ2n) is 5.31. The topological polar surface area (TPSA) is 34.0 Å². The van der Waals surface area contributed by atoms with E-state index < -0.39 is 0 Å². The van der Waals surface area contributed by atoms with Gasteiger partial charge in [0.1, 0.15) is 5.69 Å². The molecular formula is C18H17ClN2OS. The summed E-state index contributed by atoms with van der Waals surface area (Å²) in [5, 5.41) is 3.56. The molecule has 1 N–H and O–H groups in total. The van der Waals surface area contributed by atoms with Crippen LogP contribution in [0.4, 0.5) is 0 Å². The minimum atomic E-state index is -0.0991. The number of amides is 1. The smallest absolute Gasteiger partial charge is 0.268 e. The molecule has 0 bridgehead atoms. The lowest BCUT2D eigenvalue weighted by molar-refractivity contribution is 0.0949. The van der Waals surface area contributed by atoms with Crippen LogP contribution in [0.5, 0.6) is 0 Å². The van der Waals surface area contributed by atoms with Gasteiger partial charge in [-0.15, -0.1) is 17.9 Å². The lowest BCUT2D eigenvalue weighted by atomic mass is 10.2. The predicted octanol–water partition coefficient (Wildman–Crippen LogP) is 4.63. The van der Waals surface area contributed by atoms with Gasteiger partial charge in [-0.3, -0.25) is 4.79 Å². The summed E-state index contributed by atoms with van der Waals surface area (Å²) in [7, 11) is 0. The molecule has 0 atom stereocenters. The van der Waals surface area contributed by atoms with Crippen LogP contribution in [-0.2, 0) is 6.54 Å². The summed E-state index contributed by atoms with van der Waals surface area (Å²) in [6, 6.07) is 11.8. The lowest BCUT2D eigenvalue weighted by Gasteiger charge is -2.11. The summed E-state index contributed by atoms with van der Waals surface area (Å²) < 4.78 is 3.14. The van der Waals surface area contributed by atoms with Gasteiger partial charge in [0, 0.05) is 23.0 Å². The maximum absolute atomic E-state index is 12.4. The van der Waals surface area contributed by atoms with Crippen LogP contribution in [0, 0.1) is 6.92 Å². The number of rotatable bonds is 5. The van der Waals surface area contributed by atoms with Crippen LogP contribution in [0.15, 0.2) is 49.1 Å². The molecule has 0 fully saturated rings. The van der Waals surface area contributed by atoms with Crippen LogP contribution in [0.3, 0.4) is 0 Å². The van der Waals surface area contributed by atoms with Crippen LogP contribution in [-0.4, -0.2) is 17.0 Å². The summed E-state index contributed by atoms with van der Waals surface area (Å²) in [5.74, 6) is -0.0991. The Hall–Kier alpha value is -2.04. The van der Waals surface area contributed by atoms with E-state index in [0.29, 0.717) is 23.8 Å². The monoisotopic (exact) mass is 344 g/mol. The van der Waals surface area contributed by atoms with Crippen molar-refractivity contribution in [2.24, 2.45) is 0 Å². The fraction of sp³-hybridized carbons (Fsp3) is 0.167. The van der Waals surface area contributed by atoms with Gasteiger partial charge < -0.3 is 9.88 Å². The van der Waals surface area contributed by atoms with Crippen LogP contribution in [0.25, 0.3) is 10.2 Å². The normalized spacial score (nSPS) is 10.9. The van der Waals surface area contributed by atoms with Gasteiger partial charge in [-0.25, -0.2) is 0 Å². The summed E-state index contributed by atoms with van der Waals surface area (Å²) in [6.45, 7) is 6.72. The molecule has 1 amide bonds. The second kappa shape index (κ2) is 6.60. The predicted molar refractivity (Wildman–Crippen MR) is 97.6 cm³/mol. The second-order valence-corrected chi connectivity index (χ2v) is 7.01. The Morgan fingerprint density at radius 3 is 2.91 bits per heavy atom. The summed E-state index contributed by atoms with van der Waals surface area (Å²) in [4.78, 5) is 13.7. The van der Waals surface area contributed by atoms with Gasteiger partial charge in [-0.1, -0.05) is 35.9 Å². The zero-order valence-corrected chi connectivity index (χ0v) is 14.4. The Morgan fingerprint density at radius 1 is 1.39 bits per heavy atom. The molecule has 118 valence electrons. The first-order chi connectivity index (χ1) is 11.1. The number of carbonyl (C=O) groups excluding carboxylic acids is 1. The summed E-state index contributed by atoms with van der Waals surface area (Å²) in [6.07, 6.45) is 1.67. The highest BCUT2D eigenvalue weighted by molar-refractivity contribution is 7.19. The van der Waals surface area contributed by atoms with Gasteiger partial charge in [0.05, 0.1) is 10.2 Å². The third-order valence-corrected chi connectivity index (χ3v) is 4.99. The zero-order chi connectivity index (χ0) is 16.4. The van der Waals surface area contributed by atoms with Gasteiger partial charge >= 0.3 is 0 Å². The number of nitrogens with zero attached hydrogens (tertiary/aromatic N) is 1. The molecule has 0 saturated carbocycles. The number of halogens is 1. The Labute approximate surface area is 144 Å². The van der Waals surface area contributed by atoms with Gasteiger partial charge in [0.25, 0.3) is 5.91 Å². The van der Waals surface area contributed by atoms with E-state index in [9.17, 15) is 4.79 Å². The van der Waals surface area contributed by atoms with Gasteiger partial charge in [0.15, 0.2) is 0 Å². The maximum Gasteiger partial charge on any atom is 0.268 e. The fourth-order valence-corrected chi connectivity index (χ4v) is 3.73. The van der Waals surface area contributed by atoms with Gasteiger partial charge in [0.2, 0.25) is 0 Å². The number of aryl methyl sites for hydroxylation is 1. The van der Waals surface area contributed by atoms with E-state index in [1.807, 2.05) is 34.9 Å². The lowest BCUT2D eigenvalue weighted by Crippen LogP contribution is -2.26. The number of thiophene rings is 1. The molecule has 3 nitrogen and oxygen atoms in total. The van der Waals surface area contributed by atoms with Crippen molar-refractivity contribution in [3.8, 4) is 0 Å². The largest absolute Gasteiger partial charge is 0.347 e. The van der Waals surface area contributed by atoms with E-state index in [-0.39, 0.29) is 5.91 Å². The molecule has 0 saturated heterocycles. The van der Waals surface area contributed by atoms with Crippen LogP contribution in [0.1, 0.15) is 20.9 Å². The zero-order valence-electron chi connectivity index (χ0n) is 12.8. The third kappa shape index (κ3) is 3.19. The van der Waals surface area contributed by atoms with E-state index in [4.69, 9.17) is 11.6 Å². The minimum absolute atomic E-state index is 0.0991. The van der Waals surface area contributed by atoms with Crippen LogP contribution in [0.2, 0.25) is 5.02 Å². The molecule has 0 unspecified atom stereocenters. The van der Waals surface area contributed by atoms with Crippen molar-refractivity contribution in [2.45, 2.75) is 13.5 Å². The number of nitrogens with one attached hydrogen (secondary N) is 1. The maximum atomic E-state index is 12.4. The van der Waals surface area contributed by atoms with Crippen molar-refractivity contribution in [1.29, 1.82) is 0 Å². The number of fused-ring (bicyclic) bond motifs is 1. The van der Waals surface area contributed by atoms with E-state index in [1.54, 1.807) is 17.4 Å². The molecule has 0 spiro atoms. The first-order valence-electron chi connectivity index (χ1n) is 7.32. The van der Waals surface area contributed by atoms with E-state index in [1.165, 1.54) is 4.88 Å². The average Bonchev–Trinajstić information content (AvgIpc) is 3.04. The van der Waals surface area contributed by atoms with Crippen LogP contribution < -0.4 is 5.32 Å². The Balaban J connectivity index is 2.06. The molecule has 1 aromatic carbocycles. The fourth-order valence-electron chi connectivity index (χ4n) is 2.58. The summed E-state index contributed by atoms with van der Waals surface area (Å²) in [5.41, 5.74) is 2.71. The highest BCUT2D eigenvalue weighted by Gasteiger charge is 2.17. The average molecular weight is 345 g/mol. The quantitative estimate of drug-likeness (QED) is 0.673. The van der Waals surface area contributed by atoms with E-state index in [2.05, 4.69) is 24.9 Å². The van der Waals surface area contributed by atoms with Crippen molar-refractivity contribution in [3.63, 3.8) is 0 Å². The van der Waals surface area contributed by atoms with Gasteiger partial charge in [-0.05, 0) is 30.7 Å². The van der Waals surface area contributed by atoms with Crippen molar-refractivity contribution in [3.05, 3.63) is 70.2 Å². The molecule has 23 heavy (non-hydrogen) atoms. The standard InChI is InChI=1S/C18H17ClN2OS/c1-3-8-20-18(22)16-10-17-15(9-12(2)23-17)21(16)11-13-6-4-5-7-14(13)19/h3-7,9-10H,1,8,11H2,2H3,(H,20,22). The number of hydrogen-bond donors (Lipinski definition) is 1. The minimum Gasteiger partial charge on any atom is -0.347 e. The van der Waals surface area contributed by atoms with Crippen molar-refractivity contribution in [2.75, 3.05) is 6.54 Å². The number of hydrogen-bond acceptors (Lipinski definition) is 2. The number of carbonyl (C=O) groups is 1. The van der Waals surface area contributed by atoms with E-state index >= 15 is 0 Å². The van der Waals surface area contributed by atoms with Gasteiger partial charge in [-0.2, -0.15) is 0 Å². The van der Waals surface area contributed by atoms with E-state index in [0.717, 1.165) is 15.8 Å². The molecule has 2 heterocycles. The van der Waals surface area contributed by atoms with Crippen LogP contribution >= 0.6 is 22.9 Å². The SMILES string of the molecule is C=CCNC(=O)c1cc2sc(C)cc2n1Cc1ccccc1Cl. The highest BCUT2D eigenvalue weighted by Crippen LogP contribution is 2.30. The molecule has 0 aliphatic carbocycles. The summed E-state index contributed by atoms with van der Waals surface area (Å²) >= 11 is 7.98. The molecule has 0 aliphatic heterocycles. The highest BCUT2D eigenvalue weighted by atomic mass is 35.5. The Bertz CT molecular complexity index is 878. The Morgan fingerprint density at radius 2 is 2.17 bits per heavy atom. The Kier molecular flexibility index (Phi) is 4.55. The first kappa shape index (κ1) is 15.8.